The lowest BCUT2D eigenvalue weighted by atomic mass is 10.1. The van der Waals surface area contributed by atoms with Crippen molar-refractivity contribution in [1.82, 2.24) is 0 Å². The van der Waals surface area contributed by atoms with Gasteiger partial charge in [0.15, 0.2) is 6.61 Å². The lowest BCUT2D eigenvalue weighted by Gasteiger charge is -2.11. The Morgan fingerprint density at radius 2 is 1.82 bits per heavy atom. The van der Waals surface area contributed by atoms with Gasteiger partial charge in [0.1, 0.15) is 5.75 Å². The van der Waals surface area contributed by atoms with Gasteiger partial charge >= 0.3 is 0 Å². The summed E-state index contributed by atoms with van der Waals surface area (Å²) in [6, 6.07) is 11.5. The summed E-state index contributed by atoms with van der Waals surface area (Å²) >= 11 is 0. The monoisotopic (exact) mass is 300 g/mol. The fourth-order valence-electron chi connectivity index (χ4n) is 2.06. The van der Waals surface area contributed by atoms with Gasteiger partial charge in [-0.25, -0.2) is 0 Å². The summed E-state index contributed by atoms with van der Waals surface area (Å²) < 4.78 is 5.53. The second kappa shape index (κ2) is 6.71. The second-order valence-corrected chi connectivity index (χ2v) is 4.87. The minimum atomic E-state index is -0.511. The number of hydrogen-bond acceptors (Lipinski definition) is 4. The Morgan fingerprint density at radius 1 is 1.18 bits per heavy atom. The predicted molar refractivity (Wildman–Crippen MR) is 83.1 cm³/mol. The summed E-state index contributed by atoms with van der Waals surface area (Å²) in [7, 11) is 0. The lowest BCUT2D eigenvalue weighted by molar-refractivity contribution is -0.384. The number of nitro groups is 1. The number of ether oxygens (including phenoxy) is 1. The molecule has 0 radical (unpaired) electrons. The highest BCUT2D eigenvalue weighted by Gasteiger charge is 2.10. The highest BCUT2D eigenvalue weighted by Crippen LogP contribution is 2.22. The predicted octanol–water partition coefficient (Wildman–Crippen LogP) is 3.23. The van der Waals surface area contributed by atoms with Gasteiger partial charge in [-0.1, -0.05) is 24.3 Å². The van der Waals surface area contributed by atoms with Crippen LogP contribution in [0, 0.1) is 24.0 Å². The Balaban J connectivity index is 1.99. The molecule has 0 atom stereocenters. The Kier molecular flexibility index (Phi) is 4.73. The first-order valence-corrected chi connectivity index (χ1v) is 6.70. The first kappa shape index (κ1) is 15.5. The number of benzene rings is 2. The summed E-state index contributed by atoms with van der Waals surface area (Å²) in [5.74, 6) is 0.305. The van der Waals surface area contributed by atoms with E-state index in [1.165, 1.54) is 18.2 Å². The first-order chi connectivity index (χ1) is 10.5. The molecule has 0 aliphatic carbocycles. The number of amides is 1. The van der Waals surface area contributed by atoms with Gasteiger partial charge in [0.05, 0.1) is 4.92 Å². The number of para-hydroxylation sites is 1. The summed E-state index contributed by atoms with van der Waals surface area (Å²) in [6.07, 6.45) is 0. The fourth-order valence-corrected chi connectivity index (χ4v) is 2.06. The number of anilines is 1. The lowest BCUT2D eigenvalue weighted by Crippen LogP contribution is -2.20. The van der Waals surface area contributed by atoms with Gasteiger partial charge in [0, 0.05) is 17.8 Å². The number of aryl methyl sites for hydroxylation is 2. The largest absolute Gasteiger partial charge is 0.483 e. The molecule has 0 bridgehead atoms. The van der Waals surface area contributed by atoms with Crippen molar-refractivity contribution >= 4 is 17.3 Å². The van der Waals surface area contributed by atoms with E-state index in [0.29, 0.717) is 11.4 Å². The number of nitro benzene ring substituents is 1. The molecule has 0 heterocycles. The van der Waals surface area contributed by atoms with Crippen LogP contribution in [0.25, 0.3) is 0 Å². The van der Waals surface area contributed by atoms with Crippen LogP contribution in [0.15, 0.2) is 42.5 Å². The standard InChI is InChI=1S/C16H16N2O4/c1-11-5-3-6-12(2)16(11)22-10-15(19)17-13-7-4-8-14(9-13)18(20)21/h3-9H,10H2,1-2H3,(H,17,19). The average molecular weight is 300 g/mol. The number of carbonyl (C=O) groups is 1. The van der Waals surface area contributed by atoms with Crippen molar-refractivity contribution in [3.8, 4) is 5.75 Å². The zero-order valence-electron chi connectivity index (χ0n) is 12.3. The van der Waals surface area contributed by atoms with Crippen molar-refractivity contribution in [3.63, 3.8) is 0 Å². The van der Waals surface area contributed by atoms with E-state index in [-0.39, 0.29) is 18.2 Å². The van der Waals surface area contributed by atoms with Gasteiger partial charge in [-0.15, -0.1) is 0 Å². The van der Waals surface area contributed by atoms with Crippen LogP contribution in [-0.2, 0) is 4.79 Å². The van der Waals surface area contributed by atoms with E-state index in [0.717, 1.165) is 11.1 Å². The maximum Gasteiger partial charge on any atom is 0.271 e. The summed E-state index contributed by atoms with van der Waals surface area (Å²) in [4.78, 5) is 22.1. The van der Waals surface area contributed by atoms with Crippen LogP contribution in [0.2, 0.25) is 0 Å². The van der Waals surface area contributed by atoms with Crippen molar-refractivity contribution < 1.29 is 14.5 Å². The zero-order valence-corrected chi connectivity index (χ0v) is 12.3. The molecule has 1 N–H and O–H groups in total. The molecular weight excluding hydrogens is 284 g/mol. The van der Waals surface area contributed by atoms with Gasteiger partial charge in [0.2, 0.25) is 0 Å². The summed E-state index contributed by atoms with van der Waals surface area (Å²) in [6.45, 7) is 3.65. The van der Waals surface area contributed by atoms with Crippen LogP contribution in [0.5, 0.6) is 5.75 Å². The van der Waals surface area contributed by atoms with Crippen molar-refractivity contribution in [2.24, 2.45) is 0 Å². The van der Waals surface area contributed by atoms with Crippen LogP contribution in [-0.4, -0.2) is 17.4 Å². The van der Waals surface area contributed by atoms with Crippen LogP contribution in [0.1, 0.15) is 11.1 Å². The molecule has 6 nitrogen and oxygen atoms in total. The molecule has 0 spiro atoms. The number of carbonyl (C=O) groups excluding carboxylic acids is 1. The molecule has 6 heteroatoms. The highest BCUT2D eigenvalue weighted by molar-refractivity contribution is 5.92. The molecule has 2 aromatic rings. The van der Waals surface area contributed by atoms with Crippen LogP contribution in [0.3, 0.4) is 0 Å². The van der Waals surface area contributed by atoms with Crippen LogP contribution >= 0.6 is 0 Å². The van der Waals surface area contributed by atoms with Crippen molar-refractivity contribution in [1.29, 1.82) is 0 Å². The van der Waals surface area contributed by atoms with Crippen molar-refractivity contribution in [2.75, 3.05) is 11.9 Å². The Bertz CT molecular complexity index is 693. The van der Waals surface area contributed by atoms with E-state index >= 15 is 0 Å². The van der Waals surface area contributed by atoms with Crippen molar-refractivity contribution in [3.05, 3.63) is 63.7 Å². The molecule has 114 valence electrons. The quantitative estimate of drug-likeness (QED) is 0.679. The number of nitrogens with zero attached hydrogens (tertiary/aromatic N) is 1. The van der Waals surface area contributed by atoms with Gasteiger partial charge < -0.3 is 10.1 Å². The average Bonchev–Trinajstić information content (AvgIpc) is 2.47. The molecular formula is C16H16N2O4. The molecule has 0 fully saturated rings. The molecule has 0 aliphatic heterocycles. The third-order valence-corrected chi connectivity index (χ3v) is 3.10. The maximum absolute atomic E-state index is 11.9. The molecule has 22 heavy (non-hydrogen) atoms. The minimum Gasteiger partial charge on any atom is -0.483 e. The molecule has 1 amide bonds. The van der Waals surface area contributed by atoms with E-state index in [9.17, 15) is 14.9 Å². The Morgan fingerprint density at radius 3 is 2.45 bits per heavy atom. The summed E-state index contributed by atoms with van der Waals surface area (Å²) in [5, 5.41) is 13.3. The molecule has 0 aliphatic rings. The van der Waals surface area contributed by atoms with E-state index in [4.69, 9.17) is 4.74 Å². The number of hydrogen-bond donors (Lipinski definition) is 1. The maximum atomic E-state index is 11.9. The Hall–Kier alpha value is -2.89. The highest BCUT2D eigenvalue weighted by atomic mass is 16.6. The minimum absolute atomic E-state index is 0.0755. The molecule has 0 unspecified atom stereocenters. The van der Waals surface area contributed by atoms with Gasteiger partial charge in [-0.2, -0.15) is 0 Å². The van der Waals surface area contributed by atoms with Crippen LogP contribution in [0.4, 0.5) is 11.4 Å². The van der Waals surface area contributed by atoms with Gasteiger partial charge in [-0.05, 0) is 31.0 Å². The van der Waals surface area contributed by atoms with E-state index < -0.39 is 4.92 Å². The summed E-state index contributed by atoms with van der Waals surface area (Å²) in [5.41, 5.74) is 2.18. The SMILES string of the molecule is Cc1cccc(C)c1OCC(=O)Nc1cccc([N+](=O)[O-])c1. The molecule has 2 rings (SSSR count). The smallest absolute Gasteiger partial charge is 0.271 e. The first-order valence-electron chi connectivity index (χ1n) is 6.70. The van der Waals surface area contributed by atoms with Gasteiger partial charge in [-0.3, -0.25) is 14.9 Å². The molecule has 2 aromatic carbocycles. The normalized spacial score (nSPS) is 10.1. The molecule has 0 saturated carbocycles. The van der Waals surface area contributed by atoms with E-state index in [1.54, 1.807) is 6.07 Å². The third-order valence-electron chi connectivity index (χ3n) is 3.10. The molecule has 0 aromatic heterocycles. The zero-order chi connectivity index (χ0) is 16.1. The number of rotatable bonds is 5. The molecule has 0 saturated heterocycles. The van der Waals surface area contributed by atoms with Crippen LogP contribution < -0.4 is 10.1 Å². The number of nitrogens with one attached hydrogen (secondary N) is 1. The van der Waals surface area contributed by atoms with E-state index in [2.05, 4.69) is 5.32 Å². The second-order valence-electron chi connectivity index (χ2n) is 4.87. The Labute approximate surface area is 127 Å². The number of non-ortho nitro benzene ring substituents is 1. The topological polar surface area (TPSA) is 81.5 Å². The third kappa shape index (κ3) is 3.82. The van der Waals surface area contributed by atoms with E-state index in [1.807, 2.05) is 32.0 Å². The fraction of sp³-hybridized carbons (Fsp3) is 0.188. The van der Waals surface area contributed by atoms with Crippen molar-refractivity contribution in [2.45, 2.75) is 13.8 Å². The van der Waals surface area contributed by atoms with Gasteiger partial charge in [0.25, 0.3) is 11.6 Å².